The van der Waals surface area contributed by atoms with E-state index in [9.17, 15) is 9.59 Å². The number of carbonyl (C=O) groups is 2. The molecule has 2 aromatic heterocycles. The van der Waals surface area contributed by atoms with E-state index >= 15 is 0 Å². The van der Waals surface area contributed by atoms with Gasteiger partial charge < -0.3 is 0 Å². The number of nitrogens with zero attached hydrogens (tertiary/aromatic N) is 2. The Morgan fingerprint density at radius 2 is 0.853 bits per heavy atom. The topological polar surface area (TPSA) is 41.9 Å². The average molecular weight is 580 g/mol. The summed E-state index contributed by atoms with van der Waals surface area (Å²) in [5, 5.41) is 0. The Labute approximate surface area is 216 Å². The van der Waals surface area contributed by atoms with Gasteiger partial charge >= 0.3 is 0 Å². The van der Waals surface area contributed by atoms with E-state index in [4.69, 9.17) is 0 Å². The van der Waals surface area contributed by atoms with Crippen LogP contribution in [0.25, 0.3) is 0 Å². The van der Waals surface area contributed by atoms with Gasteiger partial charge in [0, 0.05) is 44.3 Å². The molecule has 0 bridgehead atoms. The van der Waals surface area contributed by atoms with Crippen LogP contribution in [0.15, 0.2) is 107 Å². The molecule has 0 aliphatic rings. The fraction of sp³-hybridized carbons (Fsp3) is 0.143. The van der Waals surface area contributed by atoms with Crippen molar-refractivity contribution >= 4 is 43.4 Å². The summed E-state index contributed by atoms with van der Waals surface area (Å²) < 4.78 is 5.73. The van der Waals surface area contributed by atoms with Crippen LogP contribution in [0.3, 0.4) is 0 Å². The highest BCUT2D eigenvalue weighted by molar-refractivity contribution is 9.10. The predicted octanol–water partition coefficient (Wildman–Crippen LogP) is 5.34. The van der Waals surface area contributed by atoms with Crippen molar-refractivity contribution in [3.05, 3.63) is 129 Å². The van der Waals surface area contributed by atoms with Crippen molar-refractivity contribution in [2.24, 2.45) is 0 Å². The molecule has 0 unspecified atom stereocenters. The molecular weight excluding hydrogens is 556 g/mol. The van der Waals surface area contributed by atoms with Crippen LogP contribution >= 0.6 is 31.9 Å². The standard InChI is InChI=1S/C28H24Br2N2O2/c29-25-7-3-23(4-8-25)27(33)19-31-15-11-21(12-16-31)1-2-22-13-17-32(18-14-22)20-28(34)24-5-9-26(30)10-6-24/h3-18H,1-2,19-20H2/q+2. The Kier molecular flexibility index (Phi) is 8.14. The molecule has 0 radical (unpaired) electrons. The van der Waals surface area contributed by atoms with Gasteiger partial charge in [-0.15, -0.1) is 0 Å². The molecule has 0 aliphatic carbocycles. The van der Waals surface area contributed by atoms with Gasteiger partial charge in [0.1, 0.15) is 0 Å². The van der Waals surface area contributed by atoms with E-state index in [1.807, 2.05) is 82.5 Å². The molecule has 0 saturated heterocycles. The van der Waals surface area contributed by atoms with Gasteiger partial charge in [-0.05, 0) is 48.2 Å². The van der Waals surface area contributed by atoms with Crippen molar-refractivity contribution in [3.63, 3.8) is 0 Å². The highest BCUT2D eigenvalue weighted by atomic mass is 79.9. The summed E-state index contributed by atoms with van der Waals surface area (Å²) in [4.78, 5) is 24.9. The van der Waals surface area contributed by atoms with E-state index in [1.54, 1.807) is 0 Å². The Morgan fingerprint density at radius 1 is 0.529 bits per heavy atom. The molecule has 0 aliphatic heterocycles. The van der Waals surface area contributed by atoms with Crippen LogP contribution in [0.4, 0.5) is 0 Å². The number of hydrogen-bond acceptors (Lipinski definition) is 2. The zero-order chi connectivity index (χ0) is 23.9. The lowest BCUT2D eigenvalue weighted by Crippen LogP contribution is -2.37. The number of rotatable bonds is 9. The summed E-state index contributed by atoms with van der Waals surface area (Å²) in [6.45, 7) is 0.638. The first kappa shape index (κ1) is 24.2. The molecule has 6 heteroatoms. The quantitative estimate of drug-likeness (QED) is 0.198. The molecule has 4 nitrogen and oxygen atoms in total. The molecule has 0 saturated carbocycles. The van der Waals surface area contributed by atoms with Crippen LogP contribution in [0.5, 0.6) is 0 Å². The van der Waals surface area contributed by atoms with Crippen molar-refractivity contribution in [1.29, 1.82) is 0 Å². The van der Waals surface area contributed by atoms with Gasteiger partial charge in [0.05, 0.1) is 0 Å². The second-order valence-electron chi connectivity index (χ2n) is 8.12. The predicted molar refractivity (Wildman–Crippen MR) is 138 cm³/mol. The maximum atomic E-state index is 12.4. The Balaban J connectivity index is 1.27. The van der Waals surface area contributed by atoms with Crippen LogP contribution in [-0.4, -0.2) is 11.6 Å². The normalized spacial score (nSPS) is 10.8. The SMILES string of the molecule is O=C(C[n+]1ccc(CCc2cc[n+](CC(=O)c3ccc(Br)cc3)cc2)cc1)c1ccc(Br)cc1. The number of pyridine rings is 2. The van der Waals surface area contributed by atoms with Crippen LogP contribution in [-0.2, 0) is 25.9 Å². The first-order valence-corrected chi connectivity index (χ1v) is 12.6. The molecule has 0 N–H and O–H groups in total. The number of hydrogen-bond donors (Lipinski definition) is 0. The van der Waals surface area contributed by atoms with Gasteiger partial charge in [0.2, 0.25) is 24.7 Å². The van der Waals surface area contributed by atoms with Crippen molar-refractivity contribution < 1.29 is 18.7 Å². The lowest BCUT2D eigenvalue weighted by molar-refractivity contribution is -0.683. The maximum absolute atomic E-state index is 12.4. The van der Waals surface area contributed by atoms with Crippen LogP contribution in [0, 0.1) is 0 Å². The zero-order valence-corrected chi connectivity index (χ0v) is 21.7. The van der Waals surface area contributed by atoms with Crippen molar-refractivity contribution in [1.82, 2.24) is 0 Å². The van der Waals surface area contributed by atoms with E-state index in [0.29, 0.717) is 24.2 Å². The summed E-state index contributed by atoms with van der Waals surface area (Å²) in [6.07, 6.45) is 9.64. The van der Waals surface area contributed by atoms with Crippen molar-refractivity contribution in [3.8, 4) is 0 Å². The maximum Gasteiger partial charge on any atom is 0.227 e. The Hall–Kier alpha value is -2.96. The molecule has 0 spiro atoms. The first-order valence-electron chi connectivity index (χ1n) is 11.0. The van der Waals surface area contributed by atoms with E-state index in [1.165, 1.54) is 11.1 Å². The van der Waals surface area contributed by atoms with E-state index in [2.05, 4.69) is 56.1 Å². The number of benzene rings is 2. The third-order valence-electron chi connectivity index (χ3n) is 5.61. The third-order valence-corrected chi connectivity index (χ3v) is 6.66. The minimum atomic E-state index is 0.0847. The second kappa shape index (κ2) is 11.4. The minimum Gasteiger partial charge on any atom is -0.287 e. The highest BCUT2D eigenvalue weighted by Crippen LogP contribution is 2.12. The molecule has 4 rings (SSSR count). The van der Waals surface area contributed by atoms with Gasteiger partial charge in [0.15, 0.2) is 24.8 Å². The lowest BCUT2D eigenvalue weighted by Gasteiger charge is -2.03. The van der Waals surface area contributed by atoms with E-state index in [-0.39, 0.29) is 11.6 Å². The minimum absolute atomic E-state index is 0.0847. The smallest absolute Gasteiger partial charge is 0.227 e. The van der Waals surface area contributed by atoms with Gasteiger partial charge in [0.25, 0.3) is 0 Å². The summed E-state index contributed by atoms with van der Waals surface area (Å²) in [5.41, 5.74) is 3.85. The number of carbonyl (C=O) groups excluding carboxylic acids is 2. The monoisotopic (exact) mass is 578 g/mol. The molecule has 0 fully saturated rings. The Bertz CT molecular complexity index is 1170. The summed E-state index contributed by atoms with van der Waals surface area (Å²) in [5.74, 6) is 0.169. The summed E-state index contributed by atoms with van der Waals surface area (Å²) >= 11 is 6.78. The molecule has 34 heavy (non-hydrogen) atoms. The number of aromatic nitrogens is 2. The lowest BCUT2D eigenvalue weighted by atomic mass is 10.1. The van der Waals surface area contributed by atoms with E-state index < -0.39 is 0 Å². The highest BCUT2D eigenvalue weighted by Gasteiger charge is 2.13. The van der Waals surface area contributed by atoms with Gasteiger partial charge in [-0.2, -0.15) is 9.13 Å². The van der Waals surface area contributed by atoms with Gasteiger partial charge in [-0.3, -0.25) is 9.59 Å². The van der Waals surface area contributed by atoms with Gasteiger partial charge in [-0.1, -0.05) is 56.1 Å². The molecule has 2 heterocycles. The van der Waals surface area contributed by atoms with Crippen LogP contribution in [0.2, 0.25) is 0 Å². The molecular formula is C28H24Br2N2O2+2. The molecule has 2 aromatic carbocycles. The van der Waals surface area contributed by atoms with Gasteiger partial charge in [-0.25, -0.2) is 0 Å². The fourth-order valence-electron chi connectivity index (χ4n) is 3.60. The molecule has 170 valence electrons. The first-order chi connectivity index (χ1) is 16.5. The number of ketones is 2. The second-order valence-corrected chi connectivity index (χ2v) is 9.95. The Morgan fingerprint density at radius 3 is 1.18 bits per heavy atom. The average Bonchev–Trinajstić information content (AvgIpc) is 2.85. The summed E-state index contributed by atoms with van der Waals surface area (Å²) in [7, 11) is 0. The largest absolute Gasteiger partial charge is 0.287 e. The molecule has 0 amide bonds. The molecule has 4 aromatic rings. The number of aryl methyl sites for hydroxylation is 2. The van der Waals surface area contributed by atoms with Crippen LogP contribution < -0.4 is 9.13 Å². The summed E-state index contributed by atoms with van der Waals surface area (Å²) in [6, 6.07) is 23.1. The van der Waals surface area contributed by atoms with E-state index in [0.717, 1.165) is 21.8 Å². The number of halogens is 2. The van der Waals surface area contributed by atoms with Crippen molar-refractivity contribution in [2.75, 3.05) is 0 Å². The zero-order valence-electron chi connectivity index (χ0n) is 18.5. The van der Waals surface area contributed by atoms with Crippen LogP contribution in [0.1, 0.15) is 31.8 Å². The van der Waals surface area contributed by atoms with Crippen molar-refractivity contribution in [2.45, 2.75) is 25.9 Å². The third kappa shape index (κ3) is 6.78. The number of Topliss-reactive ketones (excluding diaryl/α,β-unsaturated/α-hetero) is 2. The fourth-order valence-corrected chi connectivity index (χ4v) is 4.12. The molecule has 0 atom stereocenters.